The Morgan fingerprint density at radius 1 is 0.943 bits per heavy atom. The average molecular weight is 497 g/mol. The van der Waals surface area contributed by atoms with Crippen molar-refractivity contribution in [1.29, 1.82) is 0 Å². The molecule has 1 N–H and O–H groups in total. The Kier molecular flexibility index (Phi) is 6.21. The van der Waals surface area contributed by atoms with E-state index in [1.807, 2.05) is 24.3 Å². The van der Waals surface area contributed by atoms with Gasteiger partial charge in [-0.15, -0.1) is 0 Å². The molecule has 7 nitrogen and oxygen atoms in total. The number of rotatable bonds is 5. The van der Waals surface area contributed by atoms with Gasteiger partial charge < -0.3 is 14.7 Å². The van der Waals surface area contributed by atoms with E-state index in [2.05, 4.69) is 11.0 Å². The highest BCUT2D eigenvalue weighted by atomic mass is 32.2. The summed E-state index contributed by atoms with van der Waals surface area (Å²) in [6.45, 7) is 1.68. The normalized spacial score (nSPS) is 16.1. The first-order valence-electron chi connectivity index (χ1n) is 11.4. The molecule has 0 bridgehead atoms. The number of nitrogens with zero attached hydrogens (tertiary/aromatic N) is 2. The molecule has 0 aromatic heterocycles. The predicted octanol–water partition coefficient (Wildman–Crippen LogP) is 3.45. The van der Waals surface area contributed by atoms with Crippen LogP contribution in [0.5, 0.6) is 5.75 Å². The second kappa shape index (κ2) is 9.31. The third-order valence-corrected chi connectivity index (χ3v) is 8.45. The monoisotopic (exact) mass is 496 g/mol. The van der Waals surface area contributed by atoms with E-state index >= 15 is 0 Å². The van der Waals surface area contributed by atoms with Crippen LogP contribution in [-0.4, -0.2) is 50.0 Å². The molecule has 2 aliphatic rings. The molecular formula is C26H25FN2O5S. The molecule has 35 heavy (non-hydrogen) atoms. The molecule has 5 rings (SSSR count). The highest BCUT2D eigenvalue weighted by molar-refractivity contribution is 7.89. The summed E-state index contributed by atoms with van der Waals surface area (Å²) in [4.78, 5) is 13.8. The molecule has 2 aliphatic heterocycles. The first-order valence-corrected chi connectivity index (χ1v) is 12.8. The van der Waals surface area contributed by atoms with Crippen molar-refractivity contribution < 1.29 is 27.4 Å². The molecule has 0 saturated carbocycles. The zero-order valence-corrected chi connectivity index (χ0v) is 19.8. The molecule has 0 unspecified atom stereocenters. The van der Waals surface area contributed by atoms with Crippen molar-refractivity contribution in [2.45, 2.75) is 24.3 Å². The lowest BCUT2D eigenvalue weighted by atomic mass is 9.95. The molecule has 0 radical (unpaired) electrons. The molecule has 3 aromatic carbocycles. The molecule has 2 heterocycles. The van der Waals surface area contributed by atoms with Gasteiger partial charge in [-0.2, -0.15) is 4.31 Å². The zero-order chi connectivity index (χ0) is 24.6. The van der Waals surface area contributed by atoms with Gasteiger partial charge in [0.1, 0.15) is 18.2 Å². The van der Waals surface area contributed by atoms with Crippen molar-refractivity contribution in [3.05, 3.63) is 88.7 Å². The van der Waals surface area contributed by atoms with Crippen LogP contribution in [0.25, 0.3) is 0 Å². The van der Waals surface area contributed by atoms with Gasteiger partial charge in [-0.3, -0.25) is 4.79 Å². The maximum absolute atomic E-state index is 13.3. The molecule has 0 atom stereocenters. The lowest BCUT2D eigenvalue weighted by Gasteiger charge is -2.37. The Morgan fingerprint density at radius 2 is 1.63 bits per heavy atom. The summed E-state index contributed by atoms with van der Waals surface area (Å²) in [5.41, 5.74) is 4.61. The first-order chi connectivity index (χ1) is 16.8. The van der Waals surface area contributed by atoms with E-state index in [1.165, 1.54) is 16.4 Å². The molecule has 1 saturated heterocycles. The fourth-order valence-electron chi connectivity index (χ4n) is 4.80. The van der Waals surface area contributed by atoms with E-state index in [4.69, 9.17) is 4.74 Å². The number of halogens is 1. The molecule has 3 aromatic rings. The molecule has 0 aliphatic carbocycles. The number of hydrogen-bond donors (Lipinski definition) is 1. The van der Waals surface area contributed by atoms with Crippen LogP contribution < -0.4 is 9.64 Å². The van der Waals surface area contributed by atoms with Gasteiger partial charge in [-0.1, -0.05) is 30.3 Å². The number of fused-ring (bicyclic) bond motifs is 2. The van der Waals surface area contributed by atoms with Gasteiger partial charge in [-0.05, 0) is 47.0 Å². The van der Waals surface area contributed by atoms with Gasteiger partial charge in [0, 0.05) is 43.9 Å². The largest absolute Gasteiger partial charge is 0.489 e. The molecule has 0 amide bonds. The number of aliphatic carboxylic acids is 1. The van der Waals surface area contributed by atoms with E-state index in [9.17, 15) is 22.7 Å². The van der Waals surface area contributed by atoms with Crippen LogP contribution >= 0.6 is 0 Å². The predicted molar refractivity (Wildman–Crippen MR) is 129 cm³/mol. The minimum absolute atomic E-state index is 0.0532. The van der Waals surface area contributed by atoms with E-state index in [-0.39, 0.29) is 24.4 Å². The maximum atomic E-state index is 13.3. The smallest absolute Gasteiger partial charge is 0.307 e. The van der Waals surface area contributed by atoms with Crippen LogP contribution in [0.1, 0.15) is 22.3 Å². The molecular weight excluding hydrogens is 471 g/mol. The second-order valence-electron chi connectivity index (χ2n) is 8.70. The van der Waals surface area contributed by atoms with Crippen molar-refractivity contribution >= 4 is 21.7 Å². The molecule has 1 fully saturated rings. The number of ether oxygens (including phenoxy) is 1. The summed E-state index contributed by atoms with van der Waals surface area (Å²) in [6.07, 6.45) is 0.459. The number of benzene rings is 3. The number of anilines is 1. The third-order valence-electron chi connectivity index (χ3n) is 6.54. The van der Waals surface area contributed by atoms with Crippen molar-refractivity contribution in [2.75, 3.05) is 31.1 Å². The van der Waals surface area contributed by atoms with E-state index in [0.29, 0.717) is 37.4 Å². The fourth-order valence-corrected chi connectivity index (χ4v) is 6.22. The highest BCUT2D eigenvalue weighted by Gasteiger charge is 2.31. The van der Waals surface area contributed by atoms with E-state index in [1.54, 1.807) is 6.07 Å². The van der Waals surface area contributed by atoms with E-state index in [0.717, 1.165) is 34.5 Å². The first kappa shape index (κ1) is 23.3. The van der Waals surface area contributed by atoms with Crippen LogP contribution in [0.4, 0.5) is 10.1 Å². The molecule has 9 heteroatoms. The lowest BCUT2D eigenvalue weighted by molar-refractivity contribution is -0.136. The van der Waals surface area contributed by atoms with Gasteiger partial charge in [-0.25, -0.2) is 12.8 Å². The standard InChI is InChI=1S/C26H25FN2O5S/c27-21-6-8-22(9-7-21)35(32,33)29-13-11-28(12-14-29)26-19(16-25(30)31)5-10-24-23(26)15-18-3-1-2-4-20(18)17-34-24/h1-10H,11-17H2,(H,30,31). The van der Waals surface area contributed by atoms with Crippen molar-refractivity contribution in [1.82, 2.24) is 4.31 Å². The Balaban J connectivity index is 1.46. The Hall–Kier alpha value is -3.43. The Morgan fingerprint density at radius 3 is 2.31 bits per heavy atom. The quantitative estimate of drug-likeness (QED) is 0.582. The minimum Gasteiger partial charge on any atom is -0.489 e. The Labute approximate surface area is 203 Å². The number of carboxylic acid groups (broad SMARTS) is 1. The summed E-state index contributed by atoms with van der Waals surface area (Å²) in [5, 5.41) is 9.54. The topological polar surface area (TPSA) is 87.2 Å². The summed E-state index contributed by atoms with van der Waals surface area (Å²) in [7, 11) is -3.76. The Bertz CT molecular complexity index is 1370. The summed E-state index contributed by atoms with van der Waals surface area (Å²) < 4.78 is 46.9. The SMILES string of the molecule is O=C(O)Cc1ccc2c(c1N1CCN(S(=O)(=O)c3ccc(F)cc3)CC1)Cc1ccccc1CO2. The summed E-state index contributed by atoms with van der Waals surface area (Å²) >= 11 is 0. The van der Waals surface area contributed by atoms with Gasteiger partial charge in [0.25, 0.3) is 0 Å². The fraction of sp³-hybridized carbons (Fsp3) is 0.269. The number of piperazine rings is 1. The average Bonchev–Trinajstić information content (AvgIpc) is 3.03. The number of carboxylic acids is 1. The number of hydrogen-bond acceptors (Lipinski definition) is 5. The highest BCUT2D eigenvalue weighted by Crippen LogP contribution is 2.39. The second-order valence-corrected chi connectivity index (χ2v) is 10.6. The number of sulfonamides is 1. The maximum Gasteiger partial charge on any atom is 0.307 e. The van der Waals surface area contributed by atoms with E-state index < -0.39 is 21.8 Å². The van der Waals surface area contributed by atoms with Crippen molar-refractivity contribution in [3.8, 4) is 5.75 Å². The minimum atomic E-state index is -3.76. The number of carbonyl (C=O) groups is 1. The van der Waals surface area contributed by atoms with Gasteiger partial charge in [0.15, 0.2) is 0 Å². The zero-order valence-electron chi connectivity index (χ0n) is 19.0. The molecule has 0 spiro atoms. The summed E-state index contributed by atoms with van der Waals surface area (Å²) in [6, 6.07) is 16.5. The van der Waals surface area contributed by atoms with Crippen LogP contribution in [0, 0.1) is 5.82 Å². The van der Waals surface area contributed by atoms with Crippen LogP contribution in [0.15, 0.2) is 65.6 Å². The van der Waals surface area contributed by atoms with Crippen LogP contribution in [-0.2, 0) is 34.3 Å². The van der Waals surface area contributed by atoms with Crippen molar-refractivity contribution in [3.63, 3.8) is 0 Å². The molecule has 182 valence electrons. The lowest BCUT2D eigenvalue weighted by Crippen LogP contribution is -2.49. The van der Waals surface area contributed by atoms with Crippen molar-refractivity contribution in [2.24, 2.45) is 0 Å². The van der Waals surface area contributed by atoms with Gasteiger partial charge >= 0.3 is 5.97 Å². The van der Waals surface area contributed by atoms with Crippen LogP contribution in [0.2, 0.25) is 0 Å². The van der Waals surface area contributed by atoms with Gasteiger partial charge in [0.05, 0.1) is 11.3 Å². The van der Waals surface area contributed by atoms with Crippen LogP contribution in [0.3, 0.4) is 0 Å². The third kappa shape index (κ3) is 4.61. The van der Waals surface area contributed by atoms with Gasteiger partial charge in [0.2, 0.25) is 10.0 Å². The summed E-state index contributed by atoms with van der Waals surface area (Å²) in [5.74, 6) is -0.710.